The Labute approximate surface area is 130 Å². The fourth-order valence-electron chi connectivity index (χ4n) is 2.81. The first-order valence-electron chi connectivity index (χ1n) is 8.72. The van der Waals surface area contributed by atoms with E-state index in [1.165, 1.54) is 44.9 Å². The summed E-state index contributed by atoms with van der Waals surface area (Å²) < 4.78 is 13.8. The summed E-state index contributed by atoms with van der Waals surface area (Å²) in [7, 11) is 0. The maximum absolute atomic E-state index is 13.8. The van der Waals surface area contributed by atoms with Gasteiger partial charge in [0.15, 0.2) is 0 Å². The molecule has 1 atom stereocenters. The lowest BCUT2D eigenvalue weighted by Crippen LogP contribution is -2.24. The van der Waals surface area contributed by atoms with Crippen LogP contribution in [0.1, 0.15) is 64.4 Å². The van der Waals surface area contributed by atoms with E-state index in [9.17, 15) is 4.39 Å². The molecule has 21 heavy (non-hydrogen) atoms. The highest BCUT2D eigenvalue weighted by atomic mass is 19.1. The van der Waals surface area contributed by atoms with Crippen molar-refractivity contribution in [3.05, 3.63) is 35.6 Å². The summed E-state index contributed by atoms with van der Waals surface area (Å²) in [5.41, 5.74) is 0.867. The maximum atomic E-state index is 13.8. The minimum Gasteiger partial charge on any atom is -0.317 e. The number of nitrogens with one attached hydrogen (secondary N) is 1. The minimum absolute atomic E-state index is 0.0538. The lowest BCUT2D eigenvalue weighted by atomic mass is 9.93. The summed E-state index contributed by atoms with van der Waals surface area (Å²) in [6.07, 6.45) is 10.0. The second kappa shape index (κ2) is 11.7. The molecule has 0 aliphatic carbocycles. The zero-order chi connectivity index (χ0) is 15.3. The van der Waals surface area contributed by atoms with E-state index >= 15 is 0 Å². The molecule has 1 N–H and O–H groups in total. The SMILES string of the molecule is CCCCCCCCC(CNCC)Cc1ccccc1F. The average Bonchev–Trinajstić information content (AvgIpc) is 2.50. The first-order chi connectivity index (χ1) is 10.3. The highest BCUT2D eigenvalue weighted by Crippen LogP contribution is 2.18. The average molecular weight is 293 g/mol. The third-order valence-corrected chi connectivity index (χ3v) is 4.12. The van der Waals surface area contributed by atoms with E-state index < -0.39 is 0 Å². The molecule has 2 heteroatoms. The van der Waals surface area contributed by atoms with Crippen LogP contribution in [-0.4, -0.2) is 13.1 Å². The quantitative estimate of drug-likeness (QED) is 0.513. The summed E-state index contributed by atoms with van der Waals surface area (Å²) in [5.74, 6) is 0.495. The second-order valence-corrected chi connectivity index (χ2v) is 6.03. The highest BCUT2D eigenvalue weighted by Gasteiger charge is 2.11. The molecule has 0 aromatic heterocycles. The molecule has 120 valence electrons. The zero-order valence-electron chi connectivity index (χ0n) is 13.8. The van der Waals surface area contributed by atoms with Gasteiger partial charge >= 0.3 is 0 Å². The van der Waals surface area contributed by atoms with E-state index in [4.69, 9.17) is 0 Å². The number of rotatable bonds is 12. The molecule has 1 rings (SSSR count). The molecule has 1 aromatic carbocycles. The Morgan fingerprint density at radius 2 is 1.71 bits per heavy atom. The lowest BCUT2D eigenvalue weighted by Gasteiger charge is -2.18. The zero-order valence-corrected chi connectivity index (χ0v) is 13.8. The monoisotopic (exact) mass is 293 g/mol. The predicted octanol–water partition coefficient (Wildman–Crippen LogP) is 5.34. The normalized spacial score (nSPS) is 12.5. The van der Waals surface area contributed by atoms with Gasteiger partial charge in [-0.05, 0) is 43.5 Å². The molecule has 1 aromatic rings. The van der Waals surface area contributed by atoms with Gasteiger partial charge in [-0.25, -0.2) is 4.39 Å². The van der Waals surface area contributed by atoms with Gasteiger partial charge in [-0.3, -0.25) is 0 Å². The third kappa shape index (κ3) is 8.21. The van der Waals surface area contributed by atoms with Crippen LogP contribution in [0.2, 0.25) is 0 Å². The Morgan fingerprint density at radius 1 is 1.00 bits per heavy atom. The molecule has 0 saturated heterocycles. The van der Waals surface area contributed by atoms with Crippen molar-refractivity contribution >= 4 is 0 Å². The molecule has 0 spiro atoms. The lowest BCUT2D eigenvalue weighted by molar-refractivity contribution is 0.417. The van der Waals surface area contributed by atoms with Gasteiger partial charge in [-0.15, -0.1) is 0 Å². The van der Waals surface area contributed by atoms with E-state index in [2.05, 4.69) is 19.2 Å². The van der Waals surface area contributed by atoms with Crippen LogP contribution in [0.4, 0.5) is 4.39 Å². The number of unbranched alkanes of at least 4 members (excludes halogenated alkanes) is 5. The van der Waals surface area contributed by atoms with Gasteiger partial charge in [0.05, 0.1) is 0 Å². The summed E-state index contributed by atoms with van der Waals surface area (Å²) in [6.45, 7) is 6.37. The van der Waals surface area contributed by atoms with Crippen LogP contribution in [0, 0.1) is 11.7 Å². The van der Waals surface area contributed by atoms with Crippen molar-refractivity contribution in [2.75, 3.05) is 13.1 Å². The smallest absolute Gasteiger partial charge is 0.126 e. The van der Waals surface area contributed by atoms with Gasteiger partial charge < -0.3 is 5.32 Å². The van der Waals surface area contributed by atoms with Crippen LogP contribution >= 0.6 is 0 Å². The molecule has 0 heterocycles. The van der Waals surface area contributed by atoms with Crippen molar-refractivity contribution in [3.8, 4) is 0 Å². The van der Waals surface area contributed by atoms with E-state index in [0.29, 0.717) is 5.92 Å². The molecule has 0 aliphatic rings. The molecule has 0 amide bonds. The van der Waals surface area contributed by atoms with Crippen molar-refractivity contribution in [2.24, 2.45) is 5.92 Å². The van der Waals surface area contributed by atoms with Gasteiger partial charge in [0.2, 0.25) is 0 Å². The predicted molar refractivity (Wildman–Crippen MR) is 90.1 cm³/mol. The first kappa shape index (κ1) is 18.2. The van der Waals surface area contributed by atoms with Crippen molar-refractivity contribution in [3.63, 3.8) is 0 Å². The molecule has 0 saturated carbocycles. The highest BCUT2D eigenvalue weighted by molar-refractivity contribution is 5.17. The number of hydrogen-bond acceptors (Lipinski definition) is 1. The van der Waals surface area contributed by atoms with Crippen LogP contribution < -0.4 is 5.32 Å². The van der Waals surface area contributed by atoms with Gasteiger partial charge in [0.25, 0.3) is 0 Å². The summed E-state index contributed by atoms with van der Waals surface area (Å²) in [5, 5.41) is 3.43. The van der Waals surface area contributed by atoms with Crippen molar-refractivity contribution < 1.29 is 4.39 Å². The van der Waals surface area contributed by atoms with Gasteiger partial charge in [-0.1, -0.05) is 70.6 Å². The molecule has 0 bridgehead atoms. The molecule has 0 fully saturated rings. The molecule has 0 aliphatic heterocycles. The van der Waals surface area contributed by atoms with Crippen LogP contribution in [0.15, 0.2) is 24.3 Å². The van der Waals surface area contributed by atoms with Crippen LogP contribution in [-0.2, 0) is 6.42 Å². The van der Waals surface area contributed by atoms with E-state index in [0.717, 1.165) is 25.1 Å². The molecule has 1 nitrogen and oxygen atoms in total. The van der Waals surface area contributed by atoms with Gasteiger partial charge in [-0.2, -0.15) is 0 Å². The Kier molecular flexibility index (Phi) is 10.1. The second-order valence-electron chi connectivity index (χ2n) is 6.03. The standard InChI is InChI=1S/C19H32FN/c1-3-5-6-7-8-9-12-17(16-21-4-2)15-18-13-10-11-14-19(18)20/h10-11,13-14,17,21H,3-9,12,15-16H2,1-2H3. The maximum Gasteiger partial charge on any atom is 0.126 e. The Balaban J connectivity index is 2.35. The molecule has 1 unspecified atom stereocenters. The van der Waals surface area contributed by atoms with Crippen molar-refractivity contribution in [1.82, 2.24) is 5.32 Å². The van der Waals surface area contributed by atoms with Crippen LogP contribution in [0.5, 0.6) is 0 Å². The fourth-order valence-corrected chi connectivity index (χ4v) is 2.81. The number of halogens is 1. The number of hydrogen-bond donors (Lipinski definition) is 1. The topological polar surface area (TPSA) is 12.0 Å². The van der Waals surface area contributed by atoms with E-state index in [-0.39, 0.29) is 5.82 Å². The van der Waals surface area contributed by atoms with Gasteiger partial charge in [0.1, 0.15) is 5.82 Å². The number of benzene rings is 1. The first-order valence-corrected chi connectivity index (χ1v) is 8.72. The van der Waals surface area contributed by atoms with E-state index in [1.807, 2.05) is 12.1 Å². The Hall–Kier alpha value is -0.890. The minimum atomic E-state index is -0.0538. The molecule has 0 radical (unpaired) electrons. The van der Waals surface area contributed by atoms with Gasteiger partial charge in [0, 0.05) is 0 Å². The Morgan fingerprint density at radius 3 is 2.43 bits per heavy atom. The third-order valence-electron chi connectivity index (χ3n) is 4.12. The summed E-state index contributed by atoms with van der Waals surface area (Å²) in [6, 6.07) is 7.21. The fraction of sp³-hybridized carbons (Fsp3) is 0.684. The van der Waals surface area contributed by atoms with Crippen LogP contribution in [0.25, 0.3) is 0 Å². The summed E-state index contributed by atoms with van der Waals surface area (Å²) >= 11 is 0. The van der Waals surface area contributed by atoms with E-state index in [1.54, 1.807) is 12.1 Å². The Bertz CT molecular complexity index is 364. The van der Waals surface area contributed by atoms with Crippen molar-refractivity contribution in [1.29, 1.82) is 0 Å². The largest absolute Gasteiger partial charge is 0.317 e. The molecular formula is C19H32FN. The molecular weight excluding hydrogens is 261 g/mol. The van der Waals surface area contributed by atoms with Crippen LogP contribution in [0.3, 0.4) is 0 Å². The van der Waals surface area contributed by atoms with Crippen molar-refractivity contribution in [2.45, 2.75) is 65.2 Å². The summed E-state index contributed by atoms with van der Waals surface area (Å²) in [4.78, 5) is 0.